The first-order valence-corrected chi connectivity index (χ1v) is 8.14. The molecule has 0 fully saturated rings. The number of hydrogen-bond donors (Lipinski definition) is 3. The summed E-state index contributed by atoms with van der Waals surface area (Å²) in [6.07, 6.45) is 0. The molecule has 0 atom stereocenters. The Kier molecular flexibility index (Phi) is 5.32. The topological polar surface area (TPSA) is 111 Å². The van der Waals surface area contributed by atoms with Crippen molar-refractivity contribution in [2.24, 2.45) is 5.73 Å². The van der Waals surface area contributed by atoms with Crippen molar-refractivity contribution in [1.29, 1.82) is 0 Å². The molecule has 0 aliphatic rings. The number of nitrogens with two attached hydrogens (primary N) is 1. The van der Waals surface area contributed by atoms with Crippen molar-refractivity contribution in [2.45, 2.75) is 0 Å². The number of anilines is 2. The van der Waals surface area contributed by atoms with E-state index in [9.17, 15) is 14.4 Å². The highest BCUT2D eigenvalue weighted by molar-refractivity contribution is 6.03. The van der Waals surface area contributed by atoms with Gasteiger partial charge >= 0.3 is 12.0 Å². The van der Waals surface area contributed by atoms with E-state index in [1.54, 1.807) is 6.07 Å². The van der Waals surface area contributed by atoms with Crippen molar-refractivity contribution in [3.8, 4) is 0 Å². The van der Waals surface area contributed by atoms with Gasteiger partial charge in [0.05, 0.1) is 5.56 Å². The molecule has 136 valence electrons. The van der Waals surface area contributed by atoms with Crippen LogP contribution in [-0.2, 0) is 9.53 Å². The van der Waals surface area contributed by atoms with Crippen molar-refractivity contribution in [3.63, 3.8) is 0 Å². The second-order valence-corrected chi connectivity index (χ2v) is 5.72. The van der Waals surface area contributed by atoms with Gasteiger partial charge in [0.1, 0.15) is 0 Å². The van der Waals surface area contributed by atoms with Crippen LogP contribution in [0.4, 0.5) is 16.2 Å². The lowest BCUT2D eigenvalue weighted by Crippen LogP contribution is -2.21. The van der Waals surface area contributed by atoms with E-state index in [4.69, 9.17) is 10.5 Å². The molecule has 3 amide bonds. The summed E-state index contributed by atoms with van der Waals surface area (Å²) < 4.78 is 5.03. The van der Waals surface area contributed by atoms with Gasteiger partial charge in [-0.1, -0.05) is 36.4 Å². The predicted octanol–water partition coefficient (Wildman–Crippen LogP) is 3.13. The van der Waals surface area contributed by atoms with Crippen LogP contribution in [0, 0.1) is 0 Å². The molecule has 7 nitrogen and oxygen atoms in total. The zero-order chi connectivity index (χ0) is 19.2. The first-order chi connectivity index (χ1) is 13.0. The summed E-state index contributed by atoms with van der Waals surface area (Å²) in [5, 5.41) is 7.03. The fourth-order valence-corrected chi connectivity index (χ4v) is 2.57. The van der Waals surface area contributed by atoms with Crippen LogP contribution >= 0.6 is 0 Å². The van der Waals surface area contributed by atoms with E-state index in [0.29, 0.717) is 11.4 Å². The van der Waals surface area contributed by atoms with Gasteiger partial charge in [-0.3, -0.25) is 4.79 Å². The molecular weight excluding hydrogens is 346 g/mol. The van der Waals surface area contributed by atoms with Crippen LogP contribution in [0.5, 0.6) is 0 Å². The fourth-order valence-electron chi connectivity index (χ4n) is 2.57. The van der Waals surface area contributed by atoms with E-state index in [1.807, 2.05) is 36.4 Å². The lowest BCUT2D eigenvalue weighted by molar-refractivity contribution is -0.119. The van der Waals surface area contributed by atoms with Gasteiger partial charge in [0.15, 0.2) is 6.61 Å². The molecule has 3 aromatic carbocycles. The zero-order valence-corrected chi connectivity index (χ0v) is 14.3. The van der Waals surface area contributed by atoms with Crippen molar-refractivity contribution in [3.05, 3.63) is 72.3 Å². The molecule has 0 radical (unpaired) electrons. The van der Waals surface area contributed by atoms with E-state index in [2.05, 4.69) is 10.6 Å². The summed E-state index contributed by atoms with van der Waals surface area (Å²) in [5.74, 6) is -1.08. The second-order valence-electron chi connectivity index (χ2n) is 5.72. The number of esters is 1. The lowest BCUT2D eigenvalue weighted by atomic mass is 10.1. The third-order valence-electron chi connectivity index (χ3n) is 3.79. The number of urea groups is 1. The number of nitrogens with one attached hydrogen (secondary N) is 2. The van der Waals surface area contributed by atoms with E-state index in [0.717, 1.165) is 10.8 Å². The van der Waals surface area contributed by atoms with Gasteiger partial charge in [-0.05, 0) is 35.7 Å². The van der Waals surface area contributed by atoms with Crippen LogP contribution in [-0.4, -0.2) is 24.5 Å². The average Bonchev–Trinajstić information content (AvgIpc) is 2.66. The summed E-state index contributed by atoms with van der Waals surface area (Å²) >= 11 is 0. The second kappa shape index (κ2) is 8.01. The van der Waals surface area contributed by atoms with Crippen LogP contribution in [0.1, 0.15) is 10.4 Å². The molecule has 0 spiro atoms. The summed E-state index contributed by atoms with van der Waals surface area (Å²) in [5.41, 5.74) is 6.37. The highest BCUT2D eigenvalue weighted by Crippen LogP contribution is 2.22. The Morgan fingerprint density at radius 2 is 1.56 bits per heavy atom. The quantitative estimate of drug-likeness (QED) is 0.605. The fraction of sp³-hybridized carbons (Fsp3) is 0.0500. The molecule has 0 bridgehead atoms. The Bertz CT molecular complexity index is 994. The van der Waals surface area contributed by atoms with E-state index in [-0.39, 0.29) is 5.56 Å². The Morgan fingerprint density at radius 3 is 2.30 bits per heavy atom. The van der Waals surface area contributed by atoms with Crippen molar-refractivity contribution >= 4 is 40.1 Å². The smallest absolute Gasteiger partial charge is 0.338 e. The molecule has 0 aromatic heterocycles. The summed E-state index contributed by atoms with van der Waals surface area (Å²) in [7, 11) is 0. The molecule has 7 heteroatoms. The van der Waals surface area contributed by atoms with Gasteiger partial charge in [-0.15, -0.1) is 0 Å². The number of rotatable bonds is 5. The van der Waals surface area contributed by atoms with Gasteiger partial charge in [-0.2, -0.15) is 0 Å². The van der Waals surface area contributed by atoms with Crippen LogP contribution in [0.15, 0.2) is 66.7 Å². The number of hydrogen-bond acceptors (Lipinski definition) is 4. The predicted molar refractivity (Wildman–Crippen MR) is 103 cm³/mol. The number of amides is 3. The maximum absolute atomic E-state index is 12.1. The molecule has 0 saturated heterocycles. The molecule has 3 rings (SSSR count). The highest BCUT2D eigenvalue weighted by atomic mass is 16.5. The van der Waals surface area contributed by atoms with Gasteiger partial charge in [0, 0.05) is 16.8 Å². The SMILES string of the molecule is NC(=O)Nc1ccc(C(=O)OCC(=O)Nc2cccc3ccccc23)cc1. The van der Waals surface area contributed by atoms with Crippen LogP contribution in [0.3, 0.4) is 0 Å². The molecule has 0 unspecified atom stereocenters. The van der Waals surface area contributed by atoms with Crippen molar-refractivity contribution in [1.82, 2.24) is 0 Å². The number of carbonyl (C=O) groups is 3. The van der Waals surface area contributed by atoms with E-state index >= 15 is 0 Å². The average molecular weight is 363 g/mol. The largest absolute Gasteiger partial charge is 0.452 e. The Labute approximate surface area is 155 Å². The Morgan fingerprint density at radius 1 is 0.852 bits per heavy atom. The number of primary amides is 1. The molecule has 27 heavy (non-hydrogen) atoms. The van der Waals surface area contributed by atoms with Crippen LogP contribution in [0.25, 0.3) is 10.8 Å². The molecular formula is C20H17N3O4. The van der Waals surface area contributed by atoms with Crippen LogP contribution < -0.4 is 16.4 Å². The van der Waals surface area contributed by atoms with Gasteiger partial charge in [0.25, 0.3) is 5.91 Å². The number of ether oxygens (including phenoxy) is 1. The molecule has 0 aliphatic carbocycles. The minimum Gasteiger partial charge on any atom is -0.452 e. The van der Waals surface area contributed by atoms with Gasteiger partial charge < -0.3 is 21.1 Å². The number of carbonyl (C=O) groups excluding carboxylic acids is 3. The third kappa shape index (κ3) is 4.60. The maximum atomic E-state index is 12.1. The number of benzene rings is 3. The molecule has 0 aliphatic heterocycles. The van der Waals surface area contributed by atoms with Gasteiger partial charge in [-0.25, -0.2) is 9.59 Å². The molecule has 0 saturated carbocycles. The van der Waals surface area contributed by atoms with E-state index in [1.165, 1.54) is 24.3 Å². The molecule has 4 N–H and O–H groups in total. The van der Waals surface area contributed by atoms with Crippen molar-refractivity contribution < 1.29 is 19.1 Å². The Balaban J connectivity index is 1.58. The van der Waals surface area contributed by atoms with Crippen molar-refractivity contribution in [2.75, 3.05) is 17.2 Å². The molecule has 0 heterocycles. The maximum Gasteiger partial charge on any atom is 0.338 e. The van der Waals surface area contributed by atoms with E-state index < -0.39 is 24.5 Å². The monoisotopic (exact) mass is 363 g/mol. The Hall–Kier alpha value is -3.87. The summed E-state index contributed by atoms with van der Waals surface area (Å²) in [4.78, 5) is 34.9. The number of fused-ring (bicyclic) bond motifs is 1. The zero-order valence-electron chi connectivity index (χ0n) is 14.3. The summed E-state index contributed by atoms with van der Waals surface area (Å²) in [6.45, 7) is -0.413. The lowest BCUT2D eigenvalue weighted by Gasteiger charge is -2.09. The first-order valence-electron chi connectivity index (χ1n) is 8.14. The minimum atomic E-state index is -0.699. The normalized spacial score (nSPS) is 10.2. The first kappa shape index (κ1) is 17.9. The highest BCUT2D eigenvalue weighted by Gasteiger charge is 2.11. The van der Waals surface area contributed by atoms with Gasteiger partial charge in [0.2, 0.25) is 0 Å². The molecule has 3 aromatic rings. The standard InChI is InChI=1S/C20H17N3O4/c21-20(26)22-15-10-8-14(9-11-15)19(25)27-12-18(24)23-17-7-3-5-13-4-1-2-6-16(13)17/h1-11H,12H2,(H,23,24)(H3,21,22,26). The minimum absolute atomic E-state index is 0.253. The third-order valence-corrected chi connectivity index (χ3v) is 3.79. The van der Waals surface area contributed by atoms with Crippen LogP contribution in [0.2, 0.25) is 0 Å². The summed E-state index contributed by atoms with van der Waals surface area (Å²) in [6, 6.07) is 18.5.